The minimum atomic E-state index is -1.09. The monoisotopic (exact) mass is 504 g/mol. The molecule has 0 aromatic carbocycles. The molecule has 8 heteroatoms. The van der Waals surface area contributed by atoms with Crippen LogP contribution in [0.4, 0.5) is 0 Å². The van der Waals surface area contributed by atoms with E-state index in [0.717, 1.165) is 25.7 Å². The number of amides is 2. The Balaban J connectivity index is 1.98. The van der Waals surface area contributed by atoms with Crippen LogP contribution in [0.1, 0.15) is 65.7 Å². The summed E-state index contributed by atoms with van der Waals surface area (Å²) in [6.07, 6.45) is 8.63. The molecule has 3 rings (SSSR count). The normalized spacial score (nSPS) is 32.4. The molecule has 2 amide bonds. The van der Waals surface area contributed by atoms with Crippen molar-refractivity contribution >= 4 is 17.8 Å². The van der Waals surface area contributed by atoms with E-state index in [-0.39, 0.29) is 37.5 Å². The third-order valence-corrected chi connectivity index (χ3v) is 8.35. The lowest BCUT2D eigenvalue weighted by Gasteiger charge is -2.37. The molecular weight excluding hydrogens is 460 g/mol. The number of carbonyl (C=O) groups is 3. The number of allylic oxidation sites excluding steroid dienone is 1. The van der Waals surface area contributed by atoms with Crippen LogP contribution in [0.15, 0.2) is 25.3 Å². The van der Waals surface area contributed by atoms with Gasteiger partial charge in [-0.2, -0.15) is 0 Å². The highest BCUT2D eigenvalue weighted by Crippen LogP contribution is 2.65. The zero-order valence-corrected chi connectivity index (χ0v) is 22.2. The lowest BCUT2D eigenvalue weighted by Crippen LogP contribution is -2.56. The maximum Gasteiger partial charge on any atom is 0.312 e. The average molecular weight is 505 g/mol. The average Bonchev–Trinajstić information content (AvgIpc) is 3.36. The minimum absolute atomic E-state index is 0.0340. The van der Waals surface area contributed by atoms with Crippen LogP contribution >= 0.6 is 0 Å². The van der Waals surface area contributed by atoms with Crippen molar-refractivity contribution in [1.29, 1.82) is 0 Å². The summed E-state index contributed by atoms with van der Waals surface area (Å²) < 4.78 is 12.3. The zero-order valence-electron chi connectivity index (χ0n) is 22.2. The van der Waals surface area contributed by atoms with Gasteiger partial charge in [-0.25, -0.2) is 0 Å². The summed E-state index contributed by atoms with van der Waals surface area (Å²) in [6, 6.07) is -0.842. The molecule has 3 aliphatic heterocycles. The summed E-state index contributed by atoms with van der Waals surface area (Å²) in [5.74, 6) is -2.45. The molecule has 0 aliphatic carbocycles. The molecule has 6 atom stereocenters. The smallest absolute Gasteiger partial charge is 0.312 e. The Hall–Kier alpha value is -2.19. The summed E-state index contributed by atoms with van der Waals surface area (Å²) in [6.45, 7) is 14.9. The largest absolute Gasteiger partial charge is 0.465 e. The zero-order chi connectivity index (χ0) is 26.5. The molecule has 2 bridgehead atoms. The highest BCUT2D eigenvalue weighted by molar-refractivity contribution is 5.98. The van der Waals surface area contributed by atoms with E-state index in [1.807, 2.05) is 13.8 Å². The molecule has 0 aromatic rings. The van der Waals surface area contributed by atoms with Crippen LogP contribution < -0.4 is 0 Å². The van der Waals surface area contributed by atoms with E-state index in [1.54, 1.807) is 22.0 Å². The SMILES string of the molecule is C=CCCCOC(=O)[C@H]1[C@H]2C(=O)N(CCCO)C(C(=O)N(CC=C)CCCCC)C23CC(C)[C@]1(C)O3. The summed E-state index contributed by atoms with van der Waals surface area (Å²) in [4.78, 5) is 44.8. The van der Waals surface area contributed by atoms with Gasteiger partial charge in [0.05, 0.1) is 18.1 Å². The Kier molecular flexibility index (Phi) is 9.39. The Morgan fingerprint density at radius 2 is 2.00 bits per heavy atom. The quantitative estimate of drug-likeness (QED) is 0.209. The molecule has 36 heavy (non-hydrogen) atoms. The highest BCUT2D eigenvalue weighted by Gasteiger charge is 2.80. The lowest BCUT2D eigenvalue weighted by molar-refractivity contribution is -0.162. The van der Waals surface area contributed by atoms with Crippen molar-refractivity contribution < 1.29 is 29.0 Å². The van der Waals surface area contributed by atoms with Gasteiger partial charge in [-0.1, -0.05) is 38.8 Å². The van der Waals surface area contributed by atoms with Crippen LogP contribution in [-0.4, -0.2) is 82.8 Å². The van der Waals surface area contributed by atoms with Gasteiger partial charge in [0.1, 0.15) is 17.6 Å². The fraction of sp³-hybridized carbons (Fsp3) is 0.750. The second-order valence-electron chi connectivity index (χ2n) is 10.7. The third-order valence-electron chi connectivity index (χ3n) is 8.35. The summed E-state index contributed by atoms with van der Waals surface area (Å²) in [5.41, 5.74) is -1.98. The number of carbonyl (C=O) groups excluding carboxylic acids is 3. The van der Waals surface area contributed by atoms with E-state index in [9.17, 15) is 19.5 Å². The van der Waals surface area contributed by atoms with Crippen molar-refractivity contribution in [3.63, 3.8) is 0 Å². The predicted molar refractivity (Wildman–Crippen MR) is 137 cm³/mol. The summed E-state index contributed by atoms with van der Waals surface area (Å²) >= 11 is 0. The molecule has 0 aromatic heterocycles. The van der Waals surface area contributed by atoms with Gasteiger partial charge in [0.25, 0.3) is 0 Å². The van der Waals surface area contributed by atoms with Crippen LogP contribution in [0.25, 0.3) is 0 Å². The van der Waals surface area contributed by atoms with E-state index < -0.39 is 35.0 Å². The second kappa shape index (κ2) is 11.9. The number of fused-ring (bicyclic) bond motifs is 1. The van der Waals surface area contributed by atoms with Crippen molar-refractivity contribution in [3.05, 3.63) is 25.3 Å². The van der Waals surface area contributed by atoms with E-state index in [2.05, 4.69) is 20.1 Å². The van der Waals surface area contributed by atoms with Crippen LogP contribution in [0.5, 0.6) is 0 Å². The molecule has 3 heterocycles. The molecule has 8 nitrogen and oxygen atoms in total. The maximum absolute atomic E-state index is 14.1. The molecule has 3 saturated heterocycles. The molecule has 3 aliphatic rings. The first-order valence-electron chi connectivity index (χ1n) is 13.5. The molecular formula is C28H44N2O6. The van der Waals surface area contributed by atoms with Gasteiger partial charge >= 0.3 is 5.97 Å². The topological polar surface area (TPSA) is 96.4 Å². The minimum Gasteiger partial charge on any atom is -0.465 e. The first-order valence-corrected chi connectivity index (χ1v) is 13.5. The second-order valence-corrected chi connectivity index (χ2v) is 10.7. The molecule has 202 valence electrons. The van der Waals surface area contributed by atoms with Gasteiger partial charge in [0.2, 0.25) is 11.8 Å². The molecule has 3 unspecified atom stereocenters. The Morgan fingerprint density at radius 3 is 2.64 bits per heavy atom. The molecule has 0 saturated carbocycles. The number of hydrogen-bond donors (Lipinski definition) is 1. The number of rotatable bonds is 15. The standard InChI is InChI=1S/C28H44N2O6/c1-6-9-11-15-29(14-8-3)25(33)23-28-19-20(4)27(5,36-28)22(26(34)35-18-12-10-7-2)21(28)24(32)30(23)16-13-17-31/h7-8,20-23,31H,2-3,6,9-19H2,1,4-5H3/t20?,21-,22+,23?,27-,28?/m0/s1. The number of aliphatic hydroxyl groups is 1. The van der Waals surface area contributed by atoms with Crippen molar-refractivity contribution in [2.24, 2.45) is 17.8 Å². The molecule has 0 radical (unpaired) electrons. The highest BCUT2D eigenvalue weighted by atomic mass is 16.6. The van der Waals surface area contributed by atoms with Gasteiger partial charge in [-0.05, 0) is 44.9 Å². The number of likely N-dealkylation sites (tertiary alicyclic amines) is 1. The number of esters is 1. The summed E-state index contributed by atoms with van der Waals surface area (Å²) in [7, 11) is 0. The van der Waals surface area contributed by atoms with E-state index in [0.29, 0.717) is 32.4 Å². The Morgan fingerprint density at radius 1 is 1.25 bits per heavy atom. The van der Waals surface area contributed by atoms with E-state index in [4.69, 9.17) is 9.47 Å². The first kappa shape index (κ1) is 28.4. The van der Waals surface area contributed by atoms with Gasteiger partial charge in [0, 0.05) is 26.2 Å². The van der Waals surface area contributed by atoms with Gasteiger partial charge in [-0.15, -0.1) is 13.2 Å². The third kappa shape index (κ3) is 4.86. The Labute approximate surface area is 215 Å². The fourth-order valence-electron chi connectivity index (χ4n) is 6.52. The van der Waals surface area contributed by atoms with Crippen LogP contribution in [-0.2, 0) is 23.9 Å². The van der Waals surface area contributed by atoms with Gasteiger partial charge < -0.3 is 24.4 Å². The van der Waals surface area contributed by atoms with Crippen molar-refractivity contribution in [3.8, 4) is 0 Å². The number of hydrogen-bond acceptors (Lipinski definition) is 6. The van der Waals surface area contributed by atoms with E-state index >= 15 is 0 Å². The number of nitrogens with zero attached hydrogens (tertiary/aromatic N) is 2. The maximum atomic E-state index is 14.1. The van der Waals surface area contributed by atoms with Crippen molar-refractivity contribution in [2.45, 2.75) is 83.0 Å². The van der Waals surface area contributed by atoms with Crippen LogP contribution in [0, 0.1) is 17.8 Å². The van der Waals surface area contributed by atoms with E-state index in [1.165, 1.54) is 0 Å². The first-order chi connectivity index (χ1) is 17.2. The van der Waals surface area contributed by atoms with Gasteiger partial charge in [0.15, 0.2) is 0 Å². The predicted octanol–water partition coefficient (Wildman–Crippen LogP) is 3.09. The number of aliphatic hydroxyl groups excluding tert-OH is 1. The number of unbranched alkanes of at least 4 members (excludes halogenated alkanes) is 3. The summed E-state index contributed by atoms with van der Waals surface area (Å²) in [5, 5.41) is 9.51. The van der Waals surface area contributed by atoms with Crippen LogP contribution in [0.3, 0.4) is 0 Å². The van der Waals surface area contributed by atoms with Gasteiger partial charge in [-0.3, -0.25) is 14.4 Å². The fourth-order valence-corrected chi connectivity index (χ4v) is 6.52. The van der Waals surface area contributed by atoms with Crippen LogP contribution in [0.2, 0.25) is 0 Å². The van der Waals surface area contributed by atoms with Crippen molar-refractivity contribution in [1.82, 2.24) is 9.80 Å². The van der Waals surface area contributed by atoms with Crippen molar-refractivity contribution in [2.75, 3.05) is 32.8 Å². The lowest BCUT2D eigenvalue weighted by atomic mass is 9.62. The molecule has 1 N–H and O–H groups in total. The number of ether oxygens (including phenoxy) is 2. The Bertz CT molecular complexity index is 846. The molecule has 1 spiro atoms. The molecule has 3 fully saturated rings.